The molecule has 0 bridgehead atoms. The number of carbonyl (C=O) groups is 1. The summed E-state index contributed by atoms with van der Waals surface area (Å²) in [6.45, 7) is 4.11. The Morgan fingerprint density at radius 1 is 1.17 bits per heavy atom. The van der Waals surface area contributed by atoms with E-state index in [1.54, 1.807) is 13.0 Å². The minimum Gasteiger partial charge on any atom is -0.396 e. The molecule has 0 aliphatic heterocycles. The van der Waals surface area contributed by atoms with E-state index in [0.717, 1.165) is 0 Å². The normalized spacial score (nSPS) is 12.0. The molecule has 0 aliphatic carbocycles. The molecule has 0 saturated heterocycles. The van der Waals surface area contributed by atoms with Gasteiger partial charge in [-0.1, -0.05) is 19.1 Å². The third-order valence-corrected chi connectivity index (χ3v) is 3.94. The van der Waals surface area contributed by atoms with Crippen LogP contribution in [0.25, 0.3) is 11.1 Å². The van der Waals surface area contributed by atoms with Gasteiger partial charge in [0.15, 0.2) is 0 Å². The first-order chi connectivity index (χ1) is 11.4. The van der Waals surface area contributed by atoms with E-state index in [4.69, 9.17) is 5.11 Å². The van der Waals surface area contributed by atoms with Gasteiger partial charge >= 0.3 is 0 Å². The molecule has 3 nitrogen and oxygen atoms in total. The molecule has 24 heavy (non-hydrogen) atoms. The Kier molecular flexibility index (Phi) is 6.04. The molecule has 0 fully saturated rings. The molecule has 1 atom stereocenters. The fraction of sp³-hybridized carbons (Fsp3) is 0.316. The average Bonchev–Trinajstić information content (AvgIpc) is 2.53. The van der Waals surface area contributed by atoms with Crippen molar-refractivity contribution in [1.82, 2.24) is 5.32 Å². The third-order valence-electron chi connectivity index (χ3n) is 3.94. The quantitative estimate of drug-likeness (QED) is 0.847. The second-order valence-corrected chi connectivity index (χ2v) is 5.98. The number of rotatable bonds is 6. The monoisotopic (exact) mass is 333 g/mol. The van der Waals surface area contributed by atoms with E-state index in [9.17, 15) is 13.6 Å². The lowest BCUT2D eigenvalue weighted by atomic mass is 9.98. The Balaban J connectivity index is 2.16. The summed E-state index contributed by atoms with van der Waals surface area (Å²) in [7, 11) is 0. The van der Waals surface area contributed by atoms with Crippen LogP contribution < -0.4 is 5.32 Å². The smallest absolute Gasteiger partial charge is 0.251 e. The van der Waals surface area contributed by atoms with Crippen molar-refractivity contribution in [3.8, 4) is 11.1 Å². The number of carbonyl (C=O) groups excluding carboxylic acids is 1. The Bertz CT molecular complexity index is 731. The molecule has 5 heteroatoms. The number of aliphatic hydroxyl groups excluding tert-OH is 1. The molecule has 1 unspecified atom stereocenters. The van der Waals surface area contributed by atoms with E-state index in [0.29, 0.717) is 29.7 Å². The van der Waals surface area contributed by atoms with Crippen molar-refractivity contribution >= 4 is 5.91 Å². The summed E-state index contributed by atoms with van der Waals surface area (Å²) < 4.78 is 27.6. The first-order valence-corrected chi connectivity index (χ1v) is 7.87. The van der Waals surface area contributed by atoms with Crippen molar-refractivity contribution in [3.63, 3.8) is 0 Å². The van der Waals surface area contributed by atoms with Gasteiger partial charge in [0.1, 0.15) is 11.6 Å². The van der Waals surface area contributed by atoms with Crippen LogP contribution in [0.2, 0.25) is 0 Å². The lowest BCUT2D eigenvalue weighted by Crippen LogP contribution is -2.28. The molecule has 0 heterocycles. The van der Waals surface area contributed by atoms with E-state index in [-0.39, 0.29) is 29.8 Å². The average molecular weight is 333 g/mol. The van der Waals surface area contributed by atoms with Crippen molar-refractivity contribution in [2.45, 2.75) is 20.3 Å². The van der Waals surface area contributed by atoms with Crippen LogP contribution in [0.4, 0.5) is 8.78 Å². The lowest BCUT2D eigenvalue weighted by Gasteiger charge is -2.12. The number of hydrogen-bond acceptors (Lipinski definition) is 2. The Morgan fingerprint density at radius 3 is 2.50 bits per heavy atom. The number of amides is 1. The molecular weight excluding hydrogens is 312 g/mol. The maximum Gasteiger partial charge on any atom is 0.251 e. The highest BCUT2D eigenvalue weighted by atomic mass is 19.1. The molecule has 2 N–H and O–H groups in total. The molecule has 0 saturated carbocycles. The number of aryl methyl sites for hydroxylation is 1. The van der Waals surface area contributed by atoms with Crippen molar-refractivity contribution < 1.29 is 18.7 Å². The molecule has 2 aromatic rings. The van der Waals surface area contributed by atoms with Gasteiger partial charge < -0.3 is 10.4 Å². The summed E-state index contributed by atoms with van der Waals surface area (Å²) in [5.74, 6) is -1.11. The lowest BCUT2D eigenvalue weighted by molar-refractivity contribution is 0.0945. The van der Waals surface area contributed by atoms with Crippen LogP contribution in [0.15, 0.2) is 36.4 Å². The van der Waals surface area contributed by atoms with Gasteiger partial charge in [0.25, 0.3) is 5.91 Å². The highest BCUT2D eigenvalue weighted by Gasteiger charge is 2.13. The van der Waals surface area contributed by atoms with Crippen LogP contribution in [0.1, 0.15) is 29.3 Å². The molecule has 0 radical (unpaired) electrons. The largest absolute Gasteiger partial charge is 0.396 e. The summed E-state index contributed by atoms with van der Waals surface area (Å²) in [4.78, 5) is 12.1. The SMILES string of the molecule is Cc1cc(F)ccc1-c1ccc(C(=O)NCC(C)CCO)cc1F. The zero-order chi connectivity index (χ0) is 17.7. The number of aliphatic hydroxyl groups is 1. The van der Waals surface area contributed by atoms with Crippen LogP contribution in [0, 0.1) is 24.5 Å². The van der Waals surface area contributed by atoms with Gasteiger partial charge in [-0.25, -0.2) is 8.78 Å². The summed E-state index contributed by atoms with van der Waals surface area (Å²) in [5.41, 5.74) is 1.78. The molecule has 0 aromatic heterocycles. The van der Waals surface area contributed by atoms with E-state index < -0.39 is 5.82 Å². The number of hydrogen-bond donors (Lipinski definition) is 2. The summed E-state index contributed by atoms with van der Waals surface area (Å²) in [6, 6.07) is 8.42. The molecular formula is C19H21F2NO2. The fourth-order valence-electron chi connectivity index (χ4n) is 2.50. The third kappa shape index (κ3) is 4.38. The van der Waals surface area contributed by atoms with Crippen LogP contribution in [-0.2, 0) is 0 Å². The fourth-order valence-corrected chi connectivity index (χ4v) is 2.50. The van der Waals surface area contributed by atoms with Gasteiger partial charge in [0.2, 0.25) is 0 Å². The molecule has 1 amide bonds. The van der Waals surface area contributed by atoms with Crippen LogP contribution >= 0.6 is 0 Å². The zero-order valence-corrected chi connectivity index (χ0v) is 13.8. The van der Waals surface area contributed by atoms with Gasteiger partial charge in [0, 0.05) is 24.3 Å². The maximum atomic E-state index is 14.4. The second kappa shape index (κ2) is 8.02. The van der Waals surface area contributed by atoms with Crippen LogP contribution in [0.5, 0.6) is 0 Å². The van der Waals surface area contributed by atoms with E-state index >= 15 is 0 Å². The topological polar surface area (TPSA) is 49.3 Å². The van der Waals surface area contributed by atoms with Gasteiger partial charge in [-0.3, -0.25) is 4.79 Å². The van der Waals surface area contributed by atoms with Crippen LogP contribution in [0.3, 0.4) is 0 Å². The van der Waals surface area contributed by atoms with E-state index in [2.05, 4.69) is 5.32 Å². The Labute approximate surface area is 140 Å². The minimum atomic E-state index is -0.527. The first-order valence-electron chi connectivity index (χ1n) is 7.87. The predicted octanol–water partition coefficient (Wildman–Crippen LogP) is 3.69. The van der Waals surface area contributed by atoms with Gasteiger partial charge in [-0.2, -0.15) is 0 Å². The number of nitrogens with one attached hydrogen (secondary N) is 1. The summed E-state index contributed by atoms with van der Waals surface area (Å²) in [6.07, 6.45) is 0.595. The Hall–Kier alpha value is -2.27. The number of benzene rings is 2. The summed E-state index contributed by atoms with van der Waals surface area (Å²) in [5, 5.41) is 11.6. The predicted molar refractivity (Wildman–Crippen MR) is 89.7 cm³/mol. The number of halogens is 2. The van der Waals surface area contributed by atoms with Crippen molar-refractivity contribution in [1.29, 1.82) is 0 Å². The highest BCUT2D eigenvalue weighted by molar-refractivity contribution is 5.94. The molecule has 2 rings (SSSR count). The summed E-state index contributed by atoms with van der Waals surface area (Å²) >= 11 is 0. The molecule has 0 spiro atoms. The molecule has 0 aliphatic rings. The van der Waals surface area contributed by atoms with Gasteiger partial charge in [-0.05, 0) is 54.7 Å². The first kappa shape index (κ1) is 18.1. The highest BCUT2D eigenvalue weighted by Crippen LogP contribution is 2.27. The Morgan fingerprint density at radius 2 is 1.88 bits per heavy atom. The van der Waals surface area contributed by atoms with Crippen LogP contribution in [-0.4, -0.2) is 24.2 Å². The van der Waals surface area contributed by atoms with Crippen molar-refractivity contribution in [2.24, 2.45) is 5.92 Å². The molecule has 128 valence electrons. The van der Waals surface area contributed by atoms with E-state index in [1.807, 2.05) is 6.92 Å². The van der Waals surface area contributed by atoms with Crippen molar-refractivity contribution in [2.75, 3.05) is 13.2 Å². The van der Waals surface area contributed by atoms with Gasteiger partial charge in [0.05, 0.1) is 0 Å². The van der Waals surface area contributed by atoms with E-state index in [1.165, 1.54) is 30.3 Å². The zero-order valence-electron chi connectivity index (χ0n) is 13.8. The second-order valence-electron chi connectivity index (χ2n) is 5.98. The molecule has 2 aromatic carbocycles. The van der Waals surface area contributed by atoms with Gasteiger partial charge in [-0.15, -0.1) is 0 Å². The van der Waals surface area contributed by atoms with Crippen molar-refractivity contribution in [3.05, 3.63) is 59.2 Å². The maximum absolute atomic E-state index is 14.4. The standard InChI is InChI=1S/C19H21F2NO2/c1-12(7-8-23)11-22-19(24)14-3-5-17(18(21)10-14)16-6-4-15(20)9-13(16)2/h3-6,9-10,12,23H,7-8,11H2,1-2H3,(H,22,24). The minimum absolute atomic E-state index is 0.0668.